The predicted molar refractivity (Wildman–Crippen MR) is 76.2 cm³/mol. The summed E-state index contributed by atoms with van der Waals surface area (Å²) in [7, 11) is 0. The summed E-state index contributed by atoms with van der Waals surface area (Å²) in [6.45, 7) is -0.0204. The van der Waals surface area contributed by atoms with Crippen LogP contribution >= 0.6 is 0 Å². The van der Waals surface area contributed by atoms with Gasteiger partial charge in [0.15, 0.2) is 0 Å². The van der Waals surface area contributed by atoms with Crippen molar-refractivity contribution in [2.45, 2.75) is 6.61 Å². The molecular formula is C16H13NO3. The summed E-state index contributed by atoms with van der Waals surface area (Å²) < 4.78 is 1.92. The van der Waals surface area contributed by atoms with Crippen molar-refractivity contribution >= 4 is 16.9 Å². The lowest BCUT2D eigenvalue weighted by Gasteiger charge is -2.07. The zero-order valence-electron chi connectivity index (χ0n) is 10.7. The standard InChI is InChI=1S/C16H13NO3/c18-10-11-2-1-3-14(8-11)17-7-6-12-4-5-13(16(19)20)9-15(12)17/h1-9,18H,10H2,(H,19,20). The molecule has 0 aliphatic carbocycles. The van der Waals surface area contributed by atoms with Crippen LogP contribution in [0.15, 0.2) is 54.7 Å². The van der Waals surface area contributed by atoms with Crippen molar-refractivity contribution in [1.29, 1.82) is 0 Å². The smallest absolute Gasteiger partial charge is 0.335 e. The highest BCUT2D eigenvalue weighted by molar-refractivity contribution is 5.94. The number of aliphatic hydroxyl groups excluding tert-OH is 1. The third-order valence-electron chi connectivity index (χ3n) is 3.31. The molecule has 3 rings (SSSR count). The van der Waals surface area contributed by atoms with Crippen LogP contribution in [0.2, 0.25) is 0 Å². The molecule has 3 aromatic rings. The van der Waals surface area contributed by atoms with E-state index in [2.05, 4.69) is 0 Å². The molecule has 0 fully saturated rings. The Morgan fingerprint density at radius 2 is 1.95 bits per heavy atom. The maximum absolute atomic E-state index is 11.1. The van der Waals surface area contributed by atoms with Gasteiger partial charge in [-0.05, 0) is 41.3 Å². The van der Waals surface area contributed by atoms with E-state index in [0.717, 1.165) is 22.2 Å². The minimum atomic E-state index is -0.941. The molecule has 0 saturated carbocycles. The van der Waals surface area contributed by atoms with Gasteiger partial charge in [-0.15, -0.1) is 0 Å². The summed E-state index contributed by atoms with van der Waals surface area (Å²) in [4.78, 5) is 11.1. The Morgan fingerprint density at radius 1 is 1.10 bits per heavy atom. The predicted octanol–water partition coefficient (Wildman–Crippen LogP) is 2.82. The highest BCUT2D eigenvalue weighted by atomic mass is 16.4. The van der Waals surface area contributed by atoms with Crippen LogP contribution in [0, 0.1) is 0 Å². The van der Waals surface area contributed by atoms with Crippen LogP contribution in [0.4, 0.5) is 0 Å². The van der Waals surface area contributed by atoms with E-state index in [1.807, 2.05) is 41.1 Å². The fourth-order valence-electron chi connectivity index (χ4n) is 2.29. The van der Waals surface area contributed by atoms with Gasteiger partial charge in [0.05, 0.1) is 17.7 Å². The average Bonchev–Trinajstić information content (AvgIpc) is 2.90. The molecule has 20 heavy (non-hydrogen) atoms. The molecule has 0 aliphatic heterocycles. The second kappa shape index (κ2) is 4.83. The Bertz CT molecular complexity index is 789. The van der Waals surface area contributed by atoms with Gasteiger partial charge >= 0.3 is 5.97 Å². The molecule has 0 aliphatic rings. The third-order valence-corrected chi connectivity index (χ3v) is 3.31. The van der Waals surface area contributed by atoms with E-state index in [1.165, 1.54) is 0 Å². The van der Waals surface area contributed by atoms with Crippen LogP contribution in [0.1, 0.15) is 15.9 Å². The molecule has 4 nitrogen and oxygen atoms in total. The van der Waals surface area contributed by atoms with Crippen molar-refractivity contribution in [2.24, 2.45) is 0 Å². The molecule has 0 saturated heterocycles. The van der Waals surface area contributed by atoms with Gasteiger partial charge in [-0.25, -0.2) is 4.79 Å². The van der Waals surface area contributed by atoms with Gasteiger partial charge in [0.1, 0.15) is 0 Å². The second-order valence-electron chi connectivity index (χ2n) is 4.59. The zero-order valence-corrected chi connectivity index (χ0v) is 10.7. The number of hydrogen-bond donors (Lipinski definition) is 2. The highest BCUT2D eigenvalue weighted by Crippen LogP contribution is 2.22. The molecule has 2 aromatic carbocycles. The first-order chi connectivity index (χ1) is 9.69. The first-order valence-electron chi connectivity index (χ1n) is 6.23. The molecule has 0 atom stereocenters. The number of hydrogen-bond acceptors (Lipinski definition) is 2. The monoisotopic (exact) mass is 267 g/mol. The van der Waals surface area contributed by atoms with E-state index in [4.69, 9.17) is 5.11 Å². The number of benzene rings is 2. The fourth-order valence-corrected chi connectivity index (χ4v) is 2.29. The lowest BCUT2D eigenvalue weighted by Crippen LogP contribution is -1.98. The molecule has 0 bridgehead atoms. The summed E-state index contributed by atoms with van der Waals surface area (Å²) in [5.74, 6) is -0.941. The number of carbonyl (C=O) groups is 1. The molecule has 0 spiro atoms. The topological polar surface area (TPSA) is 62.5 Å². The van der Waals surface area contributed by atoms with E-state index in [-0.39, 0.29) is 12.2 Å². The van der Waals surface area contributed by atoms with Crippen LogP contribution in [-0.4, -0.2) is 20.7 Å². The Labute approximate surface area is 115 Å². The summed E-state index contributed by atoms with van der Waals surface area (Å²) >= 11 is 0. The Kier molecular flexibility index (Phi) is 3.00. The zero-order chi connectivity index (χ0) is 14.1. The second-order valence-corrected chi connectivity index (χ2v) is 4.59. The lowest BCUT2D eigenvalue weighted by molar-refractivity contribution is 0.0697. The Balaban J connectivity index is 2.20. The molecule has 0 unspecified atom stereocenters. The van der Waals surface area contributed by atoms with Gasteiger partial charge in [-0.3, -0.25) is 0 Å². The number of rotatable bonds is 3. The first kappa shape index (κ1) is 12.4. The van der Waals surface area contributed by atoms with Crippen molar-refractivity contribution in [3.05, 3.63) is 65.9 Å². The molecular weight excluding hydrogens is 254 g/mol. The summed E-state index contributed by atoms with van der Waals surface area (Å²) in [6, 6.07) is 14.5. The normalized spacial score (nSPS) is 10.8. The van der Waals surface area contributed by atoms with Gasteiger partial charge < -0.3 is 14.8 Å². The van der Waals surface area contributed by atoms with Crippen molar-refractivity contribution in [1.82, 2.24) is 4.57 Å². The molecule has 0 amide bonds. The van der Waals surface area contributed by atoms with Gasteiger partial charge in [0.2, 0.25) is 0 Å². The summed E-state index contributed by atoms with van der Waals surface area (Å²) in [6.07, 6.45) is 1.90. The largest absolute Gasteiger partial charge is 0.478 e. The maximum Gasteiger partial charge on any atom is 0.335 e. The first-order valence-corrected chi connectivity index (χ1v) is 6.23. The van der Waals surface area contributed by atoms with Crippen molar-refractivity contribution in [2.75, 3.05) is 0 Å². The minimum Gasteiger partial charge on any atom is -0.478 e. The number of aromatic nitrogens is 1. The molecule has 1 heterocycles. The number of aliphatic hydroxyl groups is 1. The van der Waals surface area contributed by atoms with E-state index in [0.29, 0.717) is 0 Å². The van der Waals surface area contributed by atoms with Crippen molar-refractivity contribution in [3.63, 3.8) is 0 Å². The number of fused-ring (bicyclic) bond motifs is 1. The van der Waals surface area contributed by atoms with E-state index >= 15 is 0 Å². The SMILES string of the molecule is O=C(O)c1ccc2ccn(-c3cccc(CO)c3)c2c1. The minimum absolute atomic E-state index is 0.0204. The van der Waals surface area contributed by atoms with Gasteiger partial charge in [-0.1, -0.05) is 18.2 Å². The lowest BCUT2D eigenvalue weighted by atomic mass is 10.1. The molecule has 4 heteroatoms. The molecule has 0 radical (unpaired) electrons. The van der Waals surface area contributed by atoms with E-state index in [9.17, 15) is 9.90 Å². The quantitative estimate of drug-likeness (QED) is 0.767. The van der Waals surface area contributed by atoms with Gasteiger partial charge in [0.25, 0.3) is 0 Å². The summed E-state index contributed by atoms with van der Waals surface area (Å²) in [5.41, 5.74) is 2.81. The Hall–Kier alpha value is -2.59. The average molecular weight is 267 g/mol. The number of aromatic carboxylic acids is 1. The van der Waals surface area contributed by atoms with E-state index < -0.39 is 5.97 Å². The molecule has 1 aromatic heterocycles. The number of carboxylic acids is 1. The molecule has 2 N–H and O–H groups in total. The number of carboxylic acid groups (broad SMARTS) is 1. The highest BCUT2D eigenvalue weighted by Gasteiger charge is 2.08. The van der Waals surface area contributed by atoms with Crippen LogP contribution in [0.3, 0.4) is 0 Å². The van der Waals surface area contributed by atoms with Crippen LogP contribution in [0.25, 0.3) is 16.6 Å². The maximum atomic E-state index is 11.1. The van der Waals surface area contributed by atoms with Crippen LogP contribution in [0.5, 0.6) is 0 Å². The van der Waals surface area contributed by atoms with Crippen LogP contribution in [-0.2, 0) is 6.61 Å². The number of nitrogens with zero attached hydrogens (tertiary/aromatic N) is 1. The Morgan fingerprint density at radius 3 is 2.70 bits per heavy atom. The third kappa shape index (κ3) is 2.06. The van der Waals surface area contributed by atoms with Crippen molar-refractivity contribution < 1.29 is 15.0 Å². The summed E-state index contributed by atoms with van der Waals surface area (Å²) in [5, 5.41) is 19.3. The molecule has 100 valence electrons. The fraction of sp³-hybridized carbons (Fsp3) is 0.0625. The van der Waals surface area contributed by atoms with Crippen molar-refractivity contribution in [3.8, 4) is 5.69 Å². The van der Waals surface area contributed by atoms with Crippen LogP contribution < -0.4 is 0 Å². The van der Waals surface area contributed by atoms with Gasteiger partial charge in [0, 0.05) is 11.9 Å². The van der Waals surface area contributed by atoms with Gasteiger partial charge in [-0.2, -0.15) is 0 Å². The van der Waals surface area contributed by atoms with E-state index in [1.54, 1.807) is 18.2 Å².